The van der Waals surface area contributed by atoms with Crippen LogP contribution in [0.2, 0.25) is 0 Å². The molecular formula is C21H16F6N2O3. The van der Waals surface area contributed by atoms with E-state index in [0.717, 1.165) is 0 Å². The summed E-state index contributed by atoms with van der Waals surface area (Å²) in [6.45, 7) is 5.38. The molecule has 3 rings (SSSR count). The van der Waals surface area contributed by atoms with E-state index in [1.165, 1.54) is 23.1 Å². The molecule has 0 saturated heterocycles. The molecule has 5 nitrogen and oxygen atoms in total. The minimum atomic E-state index is -5.08. The Kier molecular flexibility index (Phi) is 5.94. The van der Waals surface area contributed by atoms with Crippen LogP contribution in [0.15, 0.2) is 48.6 Å². The molecule has 2 amide bonds. The van der Waals surface area contributed by atoms with Gasteiger partial charge in [-0.1, -0.05) is 12.2 Å². The van der Waals surface area contributed by atoms with Crippen LogP contribution in [0.3, 0.4) is 0 Å². The summed E-state index contributed by atoms with van der Waals surface area (Å²) in [7, 11) is 0. The van der Waals surface area contributed by atoms with E-state index in [1.54, 1.807) is 6.92 Å². The molecule has 32 heavy (non-hydrogen) atoms. The van der Waals surface area contributed by atoms with Crippen LogP contribution in [0.25, 0.3) is 0 Å². The second-order valence-electron chi connectivity index (χ2n) is 7.16. The Morgan fingerprint density at radius 3 is 2.19 bits per heavy atom. The van der Waals surface area contributed by atoms with Crippen molar-refractivity contribution in [2.45, 2.75) is 19.3 Å². The molecule has 0 spiro atoms. The van der Waals surface area contributed by atoms with E-state index in [0.29, 0.717) is 23.5 Å². The van der Waals surface area contributed by atoms with Gasteiger partial charge in [-0.25, -0.2) is 0 Å². The minimum Gasteiger partial charge on any atom is -0.482 e. The predicted octanol–water partition coefficient (Wildman–Crippen LogP) is 5.28. The smallest absolute Gasteiger partial charge is 0.416 e. The Morgan fingerprint density at radius 2 is 1.66 bits per heavy atom. The third-order valence-corrected chi connectivity index (χ3v) is 4.44. The summed E-state index contributed by atoms with van der Waals surface area (Å²) in [4.78, 5) is 26.0. The highest BCUT2D eigenvalue weighted by Crippen LogP contribution is 2.37. The molecule has 0 saturated carbocycles. The molecule has 0 bridgehead atoms. The van der Waals surface area contributed by atoms with Crippen molar-refractivity contribution in [3.63, 3.8) is 0 Å². The number of alkyl halides is 6. The van der Waals surface area contributed by atoms with Gasteiger partial charge in [0.25, 0.3) is 11.8 Å². The van der Waals surface area contributed by atoms with Crippen LogP contribution in [0.4, 0.5) is 37.7 Å². The minimum absolute atomic E-state index is 0.0461. The normalized spacial score (nSPS) is 14.0. The van der Waals surface area contributed by atoms with Crippen molar-refractivity contribution in [2.75, 3.05) is 23.4 Å². The first-order valence-corrected chi connectivity index (χ1v) is 9.08. The van der Waals surface area contributed by atoms with Gasteiger partial charge in [0.05, 0.1) is 16.8 Å². The lowest BCUT2D eigenvalue weighted by Crippen LogP contribution is -2.39. The molecule has 0 atom stereocenters. The zero-order valence-corrected chi connectivity index (χ0v) is 16.5. The van der Waals surface area contributed by atoms with Gasteiger partial charge < -0.3 is 15.0 Å². The fourth-order valence-electron chi connectivity index (χ4n) is 3.01. The van der Waals surface area contributed by atoms with E-state index in [4.69, 9.17) is 4.74 Å². The summed E-state index contributed by atoms with van der Waals surface area (Å²) < 4.78 is 83.6. The van der Waals surface area contributed by atoms with Crippen LogP contribution in [0.5, 0.6) is 5.75 Å². The molecule has 11 heteroatoms. The Hall–Kier alpha value is -3.50. The molecule has 1 aliphatic heterocycles. The van der Waals surface area contributed by atoms with Crippen molar-refractivity contribution >= 4 is 23.2 Å². The van der Waals surface area contributed by atoms with Gasteiger partial charge in [0.15, 0.2) is 6.61 Å². The van der Waals surface area contributed by atoms with Gasteiger partial charge in [0.2, 0.25) is 0 Å². The van der Waals surface area contributed by atoms with Gasteiger partial charge in [0.1, 0.15) is 5.75 Å². The van der Waals surface area contributed by atoms with E-state index in [-0.39, 0.29) is 36.5 Å². The molecule has 170 valence electrons. The molecule has 0 unspecified atom stereocenters. The molecule has 1 heterocycles. The van der Waals surface area contributed by atoms with Crippen molar-refractivity contribution in [1.82, 2.24) is 0 Å². The number of carbonyl (C=O) groups is 2. The predicted molar refractivity (Wildman–Crippen MR) is 104 cm³/mol. The maximum atomic E-state index is 13.0. The van der Waals surface area contributed by atoms with Gasteiger partial charge in [-0.2, -0.15) is 26.3 Å². The standard InChI is InChI=1S/C21H16F6N2O3/c1-11(2)9-29-16-8-15(3-4-17(16)32-10-18(29)30)28-19(31)12-5-13(20(22,23)24)7-14(6-12)21(25,26)27/h3-8H,1,9-10H2,2H3,(H,28,31). The molecule has 2 aromatic carbocycles. The molecule has 0 fully saturated rings. The highest BCUT2D eigenvalue weighted by molar-refractivity contribution is 6.05. The van der Waals surface area contributed by atoms with E-state index >= 15 is 0 Å². The second kappa shape index (κ2) is 8.21. The van der Waals surface area contributed by atoms with E-state index < -0.39 is 35.0 Å². The summed E-state index contributed by atoms with van der Waals surface area (Å²) in [5.74, 6) is -1.24. The summed E-state index contributed by atoms with van der Waals surface area (Å²) >= 11 is 0. The monoisotopic (exact) mass is 458 g/mol. The van der Waals surface area contributed by atoms with Crippen molar-refractivity contribution < 1.29 is 40.7 Å². The SMILES string of the molecule is C=C(C)CN1C(=O)COc2ccc(NC(=O)c3cc(C(F)(F)F)cc(C(F)(F)F)c3)cc21. The fraction of sp³-hybridized carbons (Fsp3) is 0.238. The van der Waals surface area contributed by atoms with Crippen LogP contribution in [0.1, 0.15) is 28.4 Å². The van der Waals surface area contributed by atoms with Gasteiger partial charge in [-0.15, -0.1) is 0 Å². The van der Waals surface area contributed by atoms with E-state index in [9.17, 15) is 35.9 Å². The maximum absolute atomic E-state index is 13.0. The lowest BCUT2D eigenvalue weighted by Gasteiger charge is -2.30. The van der Waals surface area contributed by atoms with Crippen molar-refractivity contribution in [3.8, 4) is 5.75 Å². The Bertz CT molecular complexity index is 1060. The highest BCUT2D eigenvalue weighted by atomic mass is 19.4. The number of hydrogen-bond donors (Lipinski definition) is 1. The number of benzene rings is 2. The van der Waals surface area contributed by atoms with Gasteiger partial charge in [0, 0.05) is 17.8 Å². The number of ether oxygens (including phenoxy) is 1. The molecular weight excluding hydrogens is 442 g/mol. The number of nitrogens with zero attached hydrogens (tertiary/aromatic N) is 1. The van der Waals surface area contributed by atoms with Gasteiger partial charge in [-0.05, 0) is 43.3 Å². The van der Waals surface area contributed by atoms with Crippen LogP contribution >= 0.6 is 0 Å². The summed E-state index contributed by atoms with van der Waals surface area (Å²) in [5, 5.41) is 2.26. The number of carbonyl (C=O) groups excluding carboxylic acids is 2. The number of amides is 2. The molecule has 0 aromatic heterocycles. The molecule has 1 N–H and O–H groups in total. The molecule has 0 radical (unpaired) electrons. The number of fused-ring (bicyclic) bond motifs is 1. The van der Waals surface area contributed by atoms with Crippen LogP contribution in [0, 0.1) is 0 Å². The fourth-order valence-corrected chi connectivity index (χ4v) is 3.01. The molecule has 1 aliphatic rings. The largest absolute Gasteiger partial charge is 0.482 e. The van der Waals surface area contributed by atoms with Crippen LogP contribution < -0.4 is 15.0 Å². The lowest BCUT2D eigenvalue weighted by atomic mass is 10.0. The van der Waals surface area contributed by atoms with Gasteiger partial charge in [-0.3, -0.25) is 9.59 Å². The number of halogens is 6. The number of rotatable bonds is 4. The first-order chi connectivity index (χ1) is 14.8. The maximum Gasteiger partial charge on any atom is 0.416 e. The number of anilines is 2. The third-order valence-electron chi connectivity index (χ3n) is 4.44. The van der Waals surface area contributed by atoms with E-state index in [2.05, 4.69) is 11.9 Å². The second-order valence-corrected chi connectivity index (χ2v) is 7.16. The summed E-state index contributed by atoms with van der Waals surface area (Å²) in [5.41, 5.74) is -3.05. The first-order valence-electron chi connectivity index (χ1n) is 9.08. The van der Waals surface area contributed by atoms with Crippen LogP contribution in [-0.2, 0) is 17.1 Å². The Balaban J connectivity index is 1.95. The lowest BCUT2D eigenvalue weighted by molar-refractivity contribution is -0.143. The Labute approximate surface area is 178 Å². The summed E-state index contributed by atoms with van der Waals surface area (Å²) in [6.07, 6.45) is -10.2. The van der Waals surface area contributed by atoms with Crippen molar-refractivity contribution in [3.05, 3.63) is 65.2 Å². The quantitative estimate of drug-likeness (QED) is 0.501. The third kappa shape index (κ3) is 5.04. The molecule has 2 aromatic rings. The number of nitrogens with one attached hydrogen (secondary N) is 1. The van der Waals surface area contributed by atoms with Gasteiger partial charge >= 0.3 is 12.4 Å². The average molecular weight is 458 g/mol. The highest BCUT2D eigenvalue weighted by Gasteiger charge is 2.37. The van der Waals surface area contributed by atoms with E-state index in [1.807, 2.05) is 0 Å². The van der Waals surface area contributed by atoms with Crippen molar-refractivity contribution in [1.29, 1.82) is 0 Å². The number of hydrogen-bond acceptors (Lipinski definition) is 3. The van der Waals surface area contributed by atoms with Crippen LogP contribution in [-0.4, -0.2) is 25.0 Å². The average Bonchev–Trinajstić information content (AvgIpc) is 2.68. The topological polar surface area (TPSA) is 58.6 Å². The molecule has 0 aliphatic carbocycles. The summed E-state index contributed by atoms with van der Waals surface area (Å²) in [6, 6.07) is 4.73. The zero-order chi connectivity index (χ0) is 23.8. The Morgan fingerprint density at radius 1 is 1.06 bits per heavy atom. The zero-order valence-electron chi connectivity index (χ0n) is 16.5. The van der Waals surface area contributed by atoms with Crippen molar-refractivity contribution in [2.24, 2.45) is 0 Å². The first kappa shape index (κ1) is 23.2.